The number of nitrogens with zero attached hydrogens (tertiary/aromatic N) is 1. The summed E-state index contributed by atoms with van der Waals surface area (Å²) < 4.78 is 5.75. The summed E-state index contributed by atoms with van der Waals surface area (Å²) in [5.41, 5.74) is 3.20. The second-order valence-corrected chi connectivity index (χ2v) is 6.07. The number of hydrogen-bond acceptors (Lipinski definition) is 4. The normalized spacial score (nSPS) is 10.6. The number of thiocarbonyl (C=S) groups is 1. The highest BCUT2D eigenvalue weighted by atomic mass is 35.5. The maximum Gasteiger partial charge on any atom is 0.222 e. The highest BCUT2D eigenvalue weighted by Gasteiger charge is 2.08. The SMILES string of the molecule is CC(=O)NC(=S)Nc1ccc2oc(Cc3ccc(Cl)cc3)nc2c1. The largest absolute Gasteiger partial charge is 0.440 e. The van der Waals surface area contributed by atoms with Gasteiger partial charge in [0.15, 0.2) is 16.6 Å². The molecule has 24 heavy (non-hydrogen) atoms. The average molecular weight is 360 g/mol. The van der Waals surface area contributed by atoms with Gasteiger partial charge in [0.1, 0.15) is 5.52 Å². The molecular formula is C17H14ClN3O2S. The van der Waals surface area contributed by atoms with Gasteiger partial charge in [0.05, 0.1) is 0 Å². The van der Waals surface area contributed by atoms with Crippen LogP contribution in [0.4, 0.5) is 5.69 Å². The quantitative estimate of drug-likeness (QED) is 0.694. The third-order valence-electron chi connectivity index (χ3n) is 3.25. The molecule has 122 valence electrons. The number of oxazole rings is 1. The number of benzene rings is 2. The maximum absolute atomic E-state index is 11.0. The zero-order chi connectivity index (χ0) is 17.1. The van der Waals surface area contributed by atoms with Crippen molar-refractivity contribution in [1.82, 2.24) is 10.3 Å². The van der Waals surface area contributed by atoms with Crippen molar-refractivity contribution in [2.24, 2.45) is 0 Å². The van der Waals surface area contributed by atoms with Gasteiger partial charge in [-0.05, 0) is 48.1 Å². The fourth-order valence-corrected chi connectivity index (χ4v) is 2.62. The summed E-state index contributed by atoms with van der Waals surface area (Å²) in [5, 5.41) is 6.38. The molecule has 0 radical (unpaired) electrons. The molecule has 7 heteroatoms. The van der Waals surface area contributed by atoms with Gasteiger partial charge in [-0.25, -0.2) is 4.98 Å². The van der Waals surface area contributed by atoms with E-state index in [4.69, 9.17) is 28.2 Å². The Bertz CT molecular complexity index is 906. The van der Waals surface area contributed by atoms with Crippen LogP contribution in [0.3, 0.4) is 0 Å². The van der Waals surface area contributed by atoms with Crippen LogP contribution in [0.1, 0.15) is 18.4 Å². The summed E-state index contributed by atoms with van der Waals surface area (Å²) in [6, 6.07) is 13.0. The minimum absolute atomic E-state index is 0.222. The monoisotopic (exact) mass is 359 g/mol. The van der Waals surface area contributed by atoms with E-state index in [9.17, 15) is 4.79 Å². The topological polar surface area (TPSA) is 67.2 Å². The Kier molecular flexibility index (Phi) is 4.78. The van der Waals surface area contributed by atoms with Crippen molar-refractivity contribution in [1.29, 1.82) is 0 Å². The van der Waals surface area contributed by atoms with Crippen molar-refractivity contribution < 1.29 is 9.21 Å². The minimum atomic E-state index is -0.222. The lowest BCUT2D eigenvalue weighted by Crippen LogP contribution is -2.32. The summed E-state index contributed by atoms with van der Waals surface area (Å²) >= 11 is 10.9. The Morgan fingerprint density at radius 3 is 2.71 bits per heavy atom. The molecule has 0 saturated carbocycles. The van der Waals surface area contributed by atoms with E-state index < -0.39 is 0 Å². The molecule has 0 spiro atoms. The molecule has 0 saturated heterocycles. The lowest BCUT2D eigenvalue weighted by molar-refractivity contribution is -0.117. The van der Waals surface area contributed by atoms with Crippen molar-refractivity contribution in [2.45, 2.75) is 13.3 Å². The summed E-state index contributed by atoms with van der Waals surface area (Å²) in [5.74, 6) is 0.397. The van der Waals surface area contributed by atoms with Crippen LogP contribution in [0.5, 0.6) is 0 Å². The first-order valence-corrected chi connectivity index (χ1v) is 8.01. The Morgan fingerprint density at radius 1 is 1.25 bits per heavy atom. The second kappa shape index (κ2) is 6.98. The van der Waals surface area contributed by atoms with E-state index >= 15 is 0 Å². The van der Waals surface area contributed by atoms with Crippen LogP contribution in [0.2, 0.25) is 5.02 Å². The van der Waals surface area contributed by atoms with Crippen LogP contribution >= 0.6 is 23.8 Å². The van der Waals surface area contributed by atoms with E-state index in [1.54, 1.807) is 0 Å². The Balaban J connectivity index is 1.77. The number of carbonyl (C=O) groups excluding carboxylic acids is 1. The fraction of sp³-hybridized carbons (Fsp3) is 0.118. The Hall–Kier alpha value is -2.44. The van der Waals surface area contributed by atoms with E-state index in [0.717, 1.165) is 16.8 Å². The van der Waals surface area contributed by atoms with Gasteiger partial charge < -0.3 is 15.1 Å². The smallest absolute Gasteiger partial charge is 0.222 e. The number of rotatable bonds is 3. The molecule has 2 N–H and O–H groups in total. The fourth-order valence-electron chi connectivity index (χ4n) is 2.23. The van der Waals surface area contributed by atoms with Gasteiger partial charge in [0, 0.05) is 24.1 Å². The maximum atomic E-state index is 11.0. The number of hydrogen-bond donors (Lipinski definition) is 2. The van der Waals surface area contributed by atoms with E-state index in [-0.39, 0.29) is 11.0 Å². The highest BCUT2D eigenvalue weighted by molar-refractivity contribution is 7.80. The van der Waals surface area contributed by atoms with Gasteiger partial charge in [-0.1, -0.05) is 23.7 Å². The zero-order valence-corrected chi connectivity index (χ0v) is 14.4. The van der Waals surface area contributed by atoms with Crippen LogP contribution < -0.4 is 10.6 Å². The van der Waals surface area contributed by atoms with Crippen molar-refractivity contribution in [2.75, 3.05) is 5.32 Å². The standard InChI is InChI=1S/C17H14ClN3O2S/c1-10(22)19-17(24)20-13-6-7-15-14(9-13)21-16(23-15)8-11-2-4-12(18)5-3-11/h2-7,9H,8H2,1H3,(H2,19,20,22,24). The zero-order valence-electron chi connectivity index (χ0n) is 12.8. The van der Waals surface area contributed by atoms with Crippen molar-refractivity contribution >= 4 is 51.6 Å². The van der Waals surface area contributed by atoms with Gasteiger partial charge in [0.25, 0.3) is 0 Å². The minimum Gasteiger partial charge on any atom is -0.440 e. The molecule has 3 rings (SSSR count). The van der Waals surface area contributed by atoms with Crippen molar-refractivity contribution in [3.8, 4) is 0 Å². The second-order valence-electron chi connectivity index (χ2n) is 5.23. The van der Waals surface area contributed by atoms with E-state index in [2.05, 4.69) is 15.6 Å². The molecule has 3 aromatic rings. The number of aromatic nitrogens is 1. The number of halogens is 1. The first kappa shape index (κ1) is 16.4. The Morgan fingerprint density at radius 2 is 2.00 bits per heavy atom. The molecule has 0 aliphatic carbocycles. The molecule has 1 aromatic heterocycles. The molecule has 5 nitrogen and oxygen atoms in total. The number of fused-ring (bicyclic) bond motifs is 1. The number of nitrogens with one attached hydrogen (secondary N) is 2. The Labute approximate surface area is 149 Å². The first-order valence-electron chi connectivity index (χ1n) is 7.22. The van der Waals surface area contributed by atoms with E-state index in [0.29, 0.717) is 22.9 Å². The van der Waals surface area contributed by atoms with E-state index in [1.807, 2.05) is 42.5 Å². The summed E-state index contributed by atoms with van der Waals surface area (Å²) in [6.45, 7) is 1.40. The number of anilines is 1. The average Bonchev–Trinajstić information content (AvgIpc) is 2.90. The molecule has 0 aliphatic rings. The molecule has 0 aliphatic heterocycles. The molecule has 0 unspecified atom stereocenters. The third kappa shape index (κ3) is 4.10. The predicted octanol–water partition coefficient (Wildman–Crippen LogP) is 3.90. The molecule has 0 bridgehead atoms. The van der Waals surface area contributed by atoms with Crippen LogP contribution in [-0.2, 0) is 11.2 Å². The van der Waals surface area contributed by atoms with Gasteiger partial charge in [0.2, 0.25) is 5.91 Å². The first-order chi connectivity index (χ1) is 11.5. The summed E-state index contributed by atoms with van der Waals surface area (Å²) in [7, 11) is 0. The molecule has 0 fully saturated rings. The molecule has 2 aromatic carbocycles. The van der Waals surface area contributed by atoms with Gasteiger partial charge >= 0.3 is 0 Å². The summed E-state index contributed by atoms with van der Waals surface area (Å²) in [6.07, 6.45) is 0.582. The third-order valence-corrected chi connectivity index (χ3v) is 3.70. The van der Waals surface area contributed by atoms with Gasteiger partial charge in [-0.2, -0.15) is 0 Å². The van der Waals surface area contributed by atoms with E-state index in [1.165, 1.54) is 6.92 Å². The molecular weight excluding hydrogens is 346 g/mol. The molecule has 1 amide bonds. The van der Waals surface area contributed by atoms with Crippen LogP contribution in [-0.4, -0.2) is 16.0 Å². The van der Waals surface area contributed by atoms with Crippen LogP contribution in [0.25, 0.3) is 11.1 Å². The lowest BCUT2D eigenvalue weighted by atomic mass is 10.1. The van der Waals surface area contributed by atoms with Crippen LogP contribution in [0, 0.1) is 0 Å². The van der Waals surface area contributed by atoms with Gasteiger partial charge in [-0.3, -0.25) is 4.79 Å². The van der Waals surface area contributed by atoms with Crippen molar-refractivity contribution in [3.63, 3.8) is 0 Å². The molecule has 1 heterocycles. The number of carbonyl (C=O) groups is 1. The highest BCUT2D eigenvalue weighted by Crippen LogP contribution is 2.22. The van der Waals surface area contributed by atoms with Crippen molar-refractivity contribution in [3.05, 3.63) is 58.9 Å². The van der Waals surface area contributed by atoms with Gasteiger partial charge in [-0.15, -0.1) is 0 Å². The van der Waals surface area contributed by atoms with Crippen LogP contribution in [0.15, 0.2) is 46.9 Å². The number of amides is 1. The molecule has 0 atom stereocenters. The summed E-state index contributed by atoms with van der Waals surface area (Å²) in [4.78, 5) is 15.5. The predicted molar refractivity (Wildman–Crippen MR) is 98.3 cm³/mol. The lowest BCUT2D eigenvalue weighted by Gasteiger charge is -2.07.